The lowest BCUT2D eigenvalue weighted by Gasteiger charge is -2.50. The number of carbonyl (C=O) groups is 1. The first-order valence-electron chi connectivity index (χ1n) is 8.88. The number of ether oxygens (including phenoxy) is 1. The Labute approximate surface area is 136 Å². The summed E-state index contributed by atoms with van der Waals surface area (Å²) in [6, 6.07) is 6.75. The minimum atomic E-state index is -0.300. The highest BCUT2D eigenvalue weighted by molar-refractivity contribution is 5.79. The molecule has 1 N–H and O–H groups in total. The maximum Gasteiger partial charge on any atom is 0.224 e. The molecule has 2 aliphatic carbocycles. The zero-order valence-corrected chi connectivity index (χ0v) is 13.3. The first kappa shape index (κ1) is 15.1. The minimum Gasteiger partial charge on any atom is -0.377 e. The molecule has 0 spiro atoms. The van der Waals surface area contributed by atoms with Gasteiger partial charge in [-0.05, 0) is 24.0 Å². The van der Waals surface area contributed by atoms with Gasteiger partial charge in [0.05, 0.1) is 12.5 Å². The lowest BCUT2D eigenvalue weighted by molar-refractivity contribution is -0.129. The molecule has 124 valence electrons. The Balaban J connectivity index is 1.42. The lowest BCUT2D eigenvalue weighted by Crippen LogP contribution is -2.63. The second-order valence-corrected chi connectivity index (χ2v) is 7.27. The molecule has 0 unspecified atom stereocenters. The van der Waals surface area contributed by atoms with Crippen LogP contribution in [0, 0.1) is 23.6 Å². The van der Waals surface area contributed by atoms with Gasteiger partial charge in [0.2, 0.25) is 5.91 Å². The second-order valence-electron chi connectivity index (χ2n) is 7.27. The second kappa shape index (κ2) is 6.23. The van der Waals surface area contributed by atoms with Crippen LogP contribution >= 0.6 is 0 Å². The first-order chi connectivity index (χ1) is 11.2. The van der Waals surface area contributed by atoms with Crippen LogP contribution in [0.25, 0.3) is 0 Å². The van der Waals surface area contributed by atoms with E-state index in [0.29, 0.717) is 29.4 Å². The number of fused-ring (bicyclic) bond motifs is 1. The van der Waals surface area contributed by atoms with Crippen molar-refractivity contribution in [2.75, 3.05) is 6.61 Å². The van der Waals surface area contributed by atoms with E-state index in [0.717, 1.165) is 13.0 Å². The van der Waals surface area contributed by atoms with Crippen LogP contribution in [-0.4, -0.2) is 24.7 Å². The third kappa shape index (κ3) is 2.78. The average molecular weight is 317 g/mol. The normalized spacial score (nSPS) is 33.3. The van der Waals surface area contributed by atoms with Crippen LogP contribution in [-0.2, 0) is 16.0 Å². The number of hydrogen-bond donors (Lipinski definition) is 1. The van der Waals surface area contributed by atoms with Crippen molar-refractivity contribution < 1.29 is 13.9 Å². The minimum absolute atomic E-state index is 0.0616. The highest BCUT2D eigenvalue weighted by Gasteiger charge is 2.56. The van der Waals surface area contributed by atoms with Crippen molar-refractivity contribution in [2.45, 2.75) is 50.7 Å². The summed E-state index contributed by atoms with van der Waals surface area (Å²) in [5, 5.41) is 3.20. The third-order valence-corrected chi connectivity index (χ3v) is 6.02. The van der Waals surface area contributed by atoms with E-state index in [2.05, 4.69) is 5.32 Å². The number of rotatable bonds is 4. The molecule has 4 heteroatoms. The molecular formula is C19H24FNO2. The Morgan fingerprint density at radius 2 is 2.00 bits per heavy atom. The van der Waals surface area contributed by atoms with Gasteiger partial charge in [0, 0.05) is 24.5 Å². The van der Waals surface area contributed by atoms with Crippen molar-refractivity contribution in [2.24, 2.45) is 17.8 Å². The van der Waals surface area contributed by atoms with Gasteiger partial charge in [-0.25, -0.2) is 4.39 Å². The molecule has 3 aliphatic rings. The number of amides is 1. The van der Waals surface area contributed by atoms with Crippen LogP contribution < -0.4 is 5.32 Å². The molecule has 0 radical (unpaired) electrons. The van der Waals surface area contributed by atoms with Crippen LogP contribution in [0.2, 0.25) is 0 Å². The number of halogens is 1. The third-order valence-electron chi connectivity index (χ3n) is 6.02. The van der Waals surface area contributed by atoms with Crippen molar-refractivity contribution in [3.8, 4) is 0 Å². The molecule has 0 aromatic heterocycles. The molecule has 1 aliphatic heterocycles. The van der Waals surface area contributed by atoms with E-state index in [9.17, 15) is 9.18 Å². The van der Waals surface area contributed by atoms with Gasteiger partial charge in [-0.1, -0.05) is 43.9 Å². The fourth-order valence-electron chi connectivity index (χ4n) is 4.91. The van der Waals surface area contributed by atoms with Gasteiger partial charge < -0.3 is 10.1 Å². The highest BCUT2D eigenvalue weighted by atomic mass is 19.1. The molecule has 1 saturated heterocycles. The zero-order chi connectivity index (χ0) is 15.8. The fourth-order valence-corrected chi connectivity index (χ4v) is 4.91. The largest absolute Gasteiger partial charge is 0.377 e. The predicted molar refractivity (Wildman–Crippen MR) is 85.3 cm³/mol. The molecule has 3 fully saturated rings. The van der Waals surface area contributed by atoms with Crippen molar-refractivity contribution in [3.05, 3.63) is 35.6 Å². The number of benzene rings is 1. The van der Waals surface area contributed by atoms with Gasteiger partial charge in [-0.2, -0.15) is 0 Å². The molecule has 1 amide bonds. The van der Waals surface area contributed by atoms with Crippen molar-refractivity contribution in [1.29, 1.82) is 0 Å². The molecule has 4 rings (SSSR count). The molecule has 1 aromatic carbocycles. The Hall–Kier alpha value is -1.42. The number of hydrogen-bond acceptors (Lipinski definition) is 2. The Bertz CT molecular complexity index is 580. The van der Waals surface area contributed by atoms with Crippen molar-refractivity contribution in [1.82, 2.24) is 5.32 Å². The zero-order valence-electron chi connectivity index (χ0n) is 13.3. The molecule has 0 bridgehead atoms. The summed E-state index contributed by atoms with van der Waals surface area (Å²) in [4.78, 5) is 12.4. The van der Waals surface area contributed by atoms with E-state index in [1.807, 2.05) is 0 Å². The van der Waals surface area contributed by atoms with Crippen molar-refractivity contribution in [3.63, 3.8) is 0 Å². The summed E-state index contributed by atoms with van der Waals surface area (Å²) in [7, 11) is 0. The summed E-state index contributed by atoms with van der Waals surface area (Å²) in [6.07, 6.45) is 6.63. The Morgan fingerprint density at radius 3 is 2.78 bits per heavy atom. The summed E-state index contributed by atoms with van der Waals surface area (Å²) in [6.45, 7) is 0.818. The maximum atomic E-state index is 13.7. The van der Waals surface area contributed by atoms with E-state index < -0.39 is 0 Å². The summed E-state index contributed by atoms with van der Waals surface area (Å²) in [5.74, 6) is 1.26. The number of carbonyl (C=O) groups excluding carboxylic acids is 1. The van der Waals surface area contributed by atoms with E-state index in [4.69, 9.17) is 4.74 Å². The molecular weight excluding hydrogens is 293 g/mol. The molecule has 4 atom stereocenters. The van der Waals surface area contributed by atoms with Gasteiger partial charge >= 0.3 is 0 Å². The van der Waals surface area contributed by atoms with E-state index >= 15 is 0 Å². The van der Waals surface area contributed by atoms with E-state index in [1.54, 1.807) is 18.2 Å². The molecule has 1 aromatic rings. The Morgan fingerprint density at radius 1 is 1.22 bits per heavy atom. The van der Waals surface area contributed by atoms with E-state index in [1.165, 1.54) is 31.7 Å². The van der Waals surface area contributed by atoms with Gasteiger partial charge in [0.15, 0.2) is 0 Å². The highest BCUT2D eigenvalue weighted by Crippen LogP contribution is 2.51. The van der Waals surface area contributed by atoms with Gasteiger partial charge in [-0.3, -0.25) is 4.79 Å². The van der Waals surface area contributed by atoms with Crippen LogP contribution in [0.15, 0.2) is 24.3 Å². The first-order valence-corrected chi connectivity index (χ1v) is 8.88. The molecule has 23 heavy (non-hydrogen) atoms. The quantitative estimate of drug-likeness (QED) is 0.927. The topological polar surface area (TPSA) is 38.3 Å². The SMILES string of the molecule is O=C(Cc1ccccc1F)N[C@H]1[C@H]2CCO[C@H]2[C@H]1C1CCCC1. The smallest absolute Gasteiger partial charge is 0.224 e. The average Bonchev–Trinajstić information content (AvgIpc) is 3.18. The Kier molecular flexibility index (Phi) is 4.10. The van der Waals surface area contributed by atoms with Crippen molar-refractivity contribution >= 4 is 5.91 Å². The summed E-state index contributed by atoms with van der Waals surface area (Å²) < 4.78 is 19.6. The van der Waals surface area contributed by atoms with Crippen LogP contribution in [0.5, 0.6) is 0 Å². The van der Waals surface area contributed by atoms with Crippen LogP contribution in [0.4, 0.5) is 4.39 Å². The maximum absolute atomic E-state index is 13.7. The van der Waals surface area contributed by atoms with Gasteiger partial charge in [-0.15, -0.1) is 0 Å². The summed E-state index contributed by atoms with van der Waals surface area (Å²) >= 11 is 0. The van der Waals surface area contributed by atoms with Crippen LogP contribution in [0.3, 0.4) is 0 Å². The lowest BCUT2D eigenvalue weighted by atomic mass is 9.61. The molecule has 3 nitrogen and oxygen atoms in total. The molecule has 1 heterocycles. The van der Waals surface area contributed by atoms with Crippen LogP contribution in [0.1, 0.15) is 37.7 Å². The van der Waals surface area contributed by atoms with Gasteiger partial charge in [0.25, 0.3) is 0 Å². The van der Waals surface area contributed by atoms with Gasteiger partial charge in [0.1, 0.15) is 5.82 Å². The summed E-state index contributed by atoms with van der Waals surface area (Å²) in [5.41, 5.74) is 0.473. The number of nitrogens with one attached hydrogen (secondary N) is 1. The standard InChI is InChI=1S/C19H24FNO2/c20-15-8-4-3-7-13(15)11-16(22)21-18-14-9-10-23-19(14)17(18)12-5-1-2-6-12/h3-4,7-8,12,14,17-19H,1-2,5-6,9-11H2,(H,21,22)/t14-,17+,18+,19-/m1/s1. The monoisotopic (exact) mass is 317 g/mol. The molecule has 2 saturated carbocycles. The fraction of sp³-hybridized carbons (Fsp3) is 0.632. The predicted octanol–water partition coefficient (Wildman–Crippen LogP) is 3.08. The van der Waals surface area contributed by atoms with E-state index in [-0.39, 0.29) is 24.2 Å².